The number of rotatable bonds is 2. The van der Waals surface area contributed by atoms with Crippen LogP contribution in [0.4, 0.5) is 22.2 Å². The largest absolute Gasteiger partial charge is 0.368 e. The van der Waals surface area contributed by atoms with Crippen LogP contribution in [-0.2, 0) is 6.54 Å². The lowest BCUT2D eigenvalue weighted by Crippen LogP contribution is -2.43. The van der Waals surface area contributed by atoms with Crippen LogP contribution in [0.3, 0.4) is 0 Å². The highest BCUT2D eigenvalue weighted by molar-refractivity contribution is 5.94. The van der Waals surface area contributed by atoms with Gasteiger partial charge in [0.15, 0.2) is 0 Å². The van der Waals surface area contributed by atoms with Crippen molar-refractivity contribution in [1.82, 2.24) is 14.9 Å². The van der Waals surface area contributed by atoms with Crippen molar-refractivity contribution in [2.45, 2.75) is 6.54 Å². The zero-order valence-electron chi connectivity index (χ0n) is 12.6. The molecule has 0 spiro atoms. The van der Waals surface area contributed by atoms with Crippen LogP contribution in [0.2, 0.25) is 0 Å². The van der Waals surface area contributed by atoms with E-state index in [0.29, 0.717) is 23.6 Å². The van der Waals surface area contributed by atoms with Crippen LogP contribution in [0.15, 0.2) is 24.3 Å². The lowest BCUT2D eigenvalue weighted by Gasteiger charge is -2.32. The number of nitro groups is 1. The molecule has 9 nitrogen and oxygen atoms in total. The van der Waals surface area contributed by atoms with Gasteiger partial charge < -0.3 is 10.6 Å². The van der Waals surface area contributed by atoms with E-state index in [1.54, 1.807) is 26.2 Å². The first-order valence-electron chi connectivity index (χ1n) is 6.78. The molecule has 0 bridgehead atoms. The number of amides is 2. The van der Waals surface area contributed by atoms with Crippen molar-refractivity contribution < 1.29 is 9.72 Å². The maximum atomic E-state index is 12.0. The van der Waals surface area contributed by atoms with Crippen molar-refractivity contribution in [3.05, 3.63) is 39.9 Å². The van der Waals surface area contributed by atoms with E-state index in [9.17, 15) is 14.9 Å². The molecule has 0 atom stereocenters. The molecule has 1 aromatic heterocycles. The third-order valence-electron chi connectivity index (χ3n) is 3.68. The van der Waals surface area contributed by atoms with E-state index in [1.165, 1.54) is 21.9 Å². The Morgan fingerprint density at radius 3 is 2.48 bits per heavy atom. The molecule has 0 fully saturated rings. The fraction of sp³-hybridized carbons (Fsp3) is 0.214. The molecular formula is C14H14N6O3. The summed E-state index contributed by atoms with van der Waals surface area (Å²) in [5, 5.41) is 10.8. The van der Waals surface area contributed by atoms with Gasteiger partial charge in [0.1, 0.15) is 5.82 Å². The average molecular weight is 314 g/mol. The highest BCUT2D eigenvalue weighted by atomic mass is 16.6. The molecule has 1 aliphatic heterocycles. The van der Waals surface area contributed by atoms with Gasteiger partial charge in [0.2, 0.25) is 5.95 Å². The number of aromatic nitrogens is 2. The lowest BCUT2D eigenvalue weighted by molar-refractivity contribution is -0.384. The highest BCUT2D eigenvalue weighted by Gasteiger charge is 2.30. The Hall–Kier alpha value is -3.23. The zero-order chi connectivity index (χ0) is 16.7. The molecule has 118 valence electrons. The summed E-state index contributed by atoms with van der Waals surface area (Å²) in [6.07, 6.45) is 0. The van der Waals surface area contributed by atoms with Crippen LogP contribution in [0.25, 0.3) is 11.3 Å². The van der Waals surface area contributed by atoms with Crippen molar-refractivity contribution in [1.29, 1.82) is 0 Å². The number of hydrogen-bond acceptors (Lipinski definition) is 6. The monoisotopic (exact) mass is 314 g/mol. The van der Waals surface area contributed by atoms with Crippen LogP contribution in [0.1, 0.15) is 5.56 Å². The summed E-state index contributed by atoms with van der Waals surface area (Å²) in [7, 11) is 3.29. The Morgan fingerprint density at radius 1 is 1.22 bits per heavy atom. The fourth-order valence-corrected chi connectivity index (χ4v) is 2.54. The first-order valence-corrected chi connectivity index (χ1v) is 6.78. The topological polar surface area (TPSA) is 118 Å². The summed E-state index contributed by atoms with van der Waals surface area (Å²) in [5.41, 5.74) is 7.74. The van der Waals surface area contributed by atoms with Gasteiger partial charge in [-0.3, -0.25) is 15.0 Å². The summed E-state index contributed by atoms with van der Waals surface area (Å²) in [4.78, 5) is 33.7. The minimum atomic E-state index is -0.464. The van der Waals surface area contributed by atoms with Gasteiger partial charge in [0, 0.05) is 37.4 Å². The number of hydrogen-bond donors (Lipinski definition) is 1. The second-order valence-electron chi connectivity index (χ2n) is 5.23. The number of carbonyl (C=O) groups is 1. The molecule has 2 N–H and O–H groups in total. The molecule has 0 unspecified atom stereocenters. The van der Waals surface area contributed by atoms with E-state index >= 15 is 0 Å². The van der Waals surface area contributed by atoms with Gasteiger partial charge >= 0.3 is 6.03 Å². The number of nitro benzene ring substituents is 1. The van der Waals surface area contributed by atoms with Crippen LogP contribution in [-0.4, -0.2) is 39.9 Å². The molecule has 1 aliphatic rings. The Labute approximate surface area is 131 Å². The minimum absolute atomic E-state index is 0.00550. The summed E-state index contributed by atoms with van der Waals surface area (Å²) < 4.78 is 0. The Bertz CT molecular complexity index is 805. The van der Waals surface area contributed by atoms with Crippen molar-refractivity contribution in [2.24, 2.45) is 0 Å². The minimum Gasteiger partial charge on any atom is -0.368 e. The van der Waals surface area contributed by atoms with Crippen molar-refractivity contribution in [3.8, 4) is 11.3 Å². The summed E-state index contributed by atoms with van der Waals surface area (Å²) in [6.45, 7) is 0.338. The van der Waals surface area contributed by atoms with Gasteiger partial charge in [-0.1, -0.05) is 0 Å². The van der Waals surface area contributed by atoms with E-state index in [1.807, 2.05) is 0 Å². The second-order valence-corrected chi connectivity index (χ2v) is 5.23. The molecule has 0 radical (unpaired) electrons. The van der Waals surface area contributed by atoms with Gasteiger partial charge in [0.05, 0.1) is 17.2 Å². The third-order valence-corrected chi connectivity index (χ3v) is 3.68. The molecule has 3 rings (SSSR count). The molecule has 2 amide bonds. The maximum absolute atomic E-state index is 12.0. The van der Waals surface area contributed by atoms with Crippen LogP contribution in [0, 0.1) is 10.1 Å². The number of urea groups is 1. The molecule has 1 aromatic carbocycles. The SMILES string of the molecule is CN1Cc2c(-c3ccc([N+](=O)[O-])cc3)nc(N)nc2N(C)C1=O. The molecule has 0 saturated heterocycles. The van der Waals surface area contributed by atoms with Gasteiger partial charge in [0.25, 0.3) is 5.69 Å². The molecule has 0 aliphatic carbocycles. The highest BCUT2D eigenvalue weighted by Crippen LogP contribution is 2.33. The fourth-order valence-electron chi connectivity index (χ4n) is 2.54. The van der Waals surface area contributed by atoms with E-state index in [0.717, 1.165) is 5.56 Å². The average Bonchev–Trinajstić information content (AvgIpc) is 2.53. The quantitative estimate of drug-likeness (QED) is 0.664. The van der Waals surface area contributed by atoms with Crippen LogP contribution in [0.5, 0.6) is 0 Å². The predicted octanol–water partition coefficient (Wildman–Crippen LogP) is 1.64. The van der Waals surface area contributed by atoms with Gasteiger partial charge in [-0.15, -0.1) is 0 Å². The number of nitrogen functional groups attached to an aromatic ring is 1. The first-order chi connectivity index (χ1) is 10.9. The summed E-state index contributed by atoms with van der Waals surface area (Å²) in [6, 6.07) is 5.83. The van der Waals surface area contributed by atoms with Crippen LogP contribution < -0.4 is 10.6 Å². The number of carbonyl (C=O) groups excluding carboxylic acids is 1. The molecule has 23 heavy (non-hydrogen) atoms. The number of fused-ring (bicyclic) bond motifs is 1. The van der Waals surface area contributed by atoms with Crippen molar-refractivity contribution in [2.75, 3.05) is 24.7 Å². The first kappa shape index (κ1) is 14.7. The molecule has 2 aromatic rings. The number of nitrogens with two attached hydrogens (primary N) is 1. The normalized spacial score (nSPS) is 13.9. The number of anilines is 2. The Kier molecular flexibility index (Phi) is 3.32. The zero-order valence-corrected chi connectivity index (χ0v) is 12.6. The standard InChI is InChI=1S/C14H14N6O3/c1-18-7-10-11(8-3-5-9(6-4-8)20(22)23)16-13(15)17-12(10)19(2)14(18)21/h3-6H,7H2,1-2H3,(H2,15,16,17). The third kappa shape index (κ3) is 2.41. The summed E-state index contributed by atoms with van der Waals surface area (Å²) >= 11 is 0. The smallest absolute Gasteiger partial charge is 0.325 e. The second kappa shape index (κ2) is 5.20. The van der Waals surface area contributed by atoms with Gasteiger partial charge in [-0.05, 0) is 12.1 Å². The van der Waals surface area contributed by atoms with E-state index in [-0.39, 0.29) is 17.7 Å². The van der Waals surface area contributed by atoms with E-state index < -0.39 is 4.92 Å². The molecular weight excluding hydrogens is 300 g/mol. The predicted molar refractivity (Wildman–Crippen MR) is 83.8 cm³/mol. The number of non-ortho nitro benzene ring substituents is 1. The molecule has 9 heteroatoms. The van der Waals surface area contributed by atoms with Crippen molar-refractivity contribution in [3.63, 3.8) is 0 Å². The lowest BCUT2D eigenvalue weighted by atomic mass is 10.0. The van der Waals surface area contributed by atoms with E-state index in [4.69, 9.17) is 5.73 Å². The molecule has 2 heterocycles. The van der Waals surface area contributed by atoms with Crippen molar-refractivity contribution >= 4 is 23.5 Å². The van der Waals surface area contributed by atoms with E-state index in [2.05, 4.69) is 9.97 Å². The Morgan fingerprint density at radius 2 is 1.87 bits per heavy atom. The maximum Gasteiger partial charge on any atom is 0.325 e. The van der Waals surface area contributed by atoms with Gasteiger partial charge in [-0.2, -0.15) is 4.98 Å². The number of benzene rings is 1. The van der Waals surface area contributed by atoms with Gasteiger partial charge in [-0.25, -0.2) is 9.78 Å². The number of nitrogens with zero attached hydrogens (tertiary/aromatic N) is 5. The summed E-state index contributed by atoms with van der Waals surface area (Å²) in [5.74, 6) is 0.496. The molecule has 0 saturated carbocycles. The van der Waals surface area contributed by atoms with Crippen LogP contribution >= 0.6 is 0 Å². The Balaban J connectivity index is 2.15.